The second kappa shape index (κ2) is 21.1. The number of urea groups is 1. The molecule has 7 heterocycles. The van der Waals surface area contributed by atoms with Gasteiger partial charge >= 0.3 is 12.0 Å². The molecule has 5 aliphatic rings. The minimum Gasteiger partial charge on any atom is -0.464 e. The largest absolute Gasteiger partial charge is 0.464 e. The number of fused-ring (bicyclic) bond motifs is 6. The molecule has 3 aromatic rings. The number of carbonyl (C=O) groups is 5. The van der Waals surface area contributed by atoms with Crippen LogP contribution in [-0.2, 0) is 51.1 Å². The van der Waals surface area contributed by atoms with Crippen molar-refractivity contribution in [1.82, 2.24) is 40.0 Å². The standard InChI is InChI=1S/C54H77N9O9/c1-12-44(64)62-33-72-54(53(62,8)9)20-24-59(25-21-54)51(68)58(10)46(34(3)4)48(65)56-42-29-37-31-60(26-27-70-37)36-18-19-43-39(28-36)40(47(61(43)13-2)38-16-14-22-55-45(38)35(5)69-11)30-52(6,7)32-71-50(67)41-17-15-23-63(57-41)49(42)66/h12,14,16,18-19,22,28,34-35,37,41-42,46,57H,1,13,15,17,20-21,23-27,29-33H2,2-11H3,(H,56,65)/t35-,37-,41-,42-,46-/m0/s1. The first-order valence-corrected chi connectivity index (χ1v) is 25.9. The molecule has 6 bridgehead atoms. The van der Waals surface area contributed by atoms with Crippen LogP contribution >= 0.6 is 0 Å². The maximum absolute atomic E-state index is 14.8. The van der Waals surface area contributed by atoms with E-state index >= 15 is 0 Å². The summed E-state index contributed by atoms with van der Waals surface area (Å²) in [5.41, 5.74) is 7.50. The van der Waals surface area contributed by atoms with E-state index in [1.165, 1.54) is 16.0 Å². The third-order valence-electron chi connectivity index (χ3n) is 16.1. The van der Waals surface area contributed by atoms with Crippen LogP contribution in [0.4, 0.5) is 10.5 Å². The van der Waals surface area contributed by atoms with Crippen LogP contribution in [0.5, 0.6) is 0 Å². The fourth-order valence-corrected chi connectivity index (χ4v) is 11.8. The number of benzene rings is 1. The molecule has 5 atom stereocenters. The van der Waals surface area contributed by atoms with Crippen molar-refractivity contribution in [2.24, 2.45) is 11.3 Å². The Morgan fingerprint density at radius 3 is 2.51 bits per heavy atom. The summed E-state index contributed by atoms with van der Waals surface area (Å²) in [4.78, 5) is 82.6. The van der Waals surface area contributed by atoms with E-state index in [4.69, 9.17) is 23.9 Å². The van der Waals surface area contributed by atoms with Gasteiger partial charge in [0.05, 0.1) is 47.9 Å². The Kier molecular flexibility index (Phi) is 15.5. The van der Waals surface area contributed by atoms with Crippen molar-refractivity contribution in [3.63, 3.8) is 0 Å². The van der Waals surface area contributed by atoms with Gasteiger partial charge in [-0.2, -0.15) is 0 Å². The molecule has 8 rings (SSSR count). The lowest BCUT2D eigenvalue weighted by molar-refractivity contribution is -0.156. The number of likely N-dealkylation sites (N-methyl/N-ethyl adjacent to an activating group) is 1. The van der Waals surface area contributed by atoms with Crippen molar-refractivity contribution < 1.29 is 42.9 Å². The van der Waals surface area contributed by atoms with Gasteiger partial charge in [-0.15, -0.1) is 0 Å². The number of aromatic nitrogens is 2. The van der Waals surface area contributed by atoms with E-state index in [2.05, 4.69) is 71.8 Å². The number of aryl methyl sites for hydroxylation is 1. The zero-order valence-corrected chi connectivity index (χ0v) is 44.1. The fourth-order valence-electron chi connectivity index (χ4n) is 11.8. The summed E-state index contributed by atoms with van der Waals surface area (Å²) < 4.78 is 27.1. The average Bonchev–Trinajstić information content (AvgIpc) is 3.81. The topological polar surface area (TPSA) is 180 Å². The molecule has 2 N–H and O–H groups in total. The highest BCUT2D eigenvalue weighted by molar-refractivity contribution is 5.95. The number of piperidine rings is 1. The molecule has 0 saturated carbocycles. The van der Waals surface area contributed by atoms with Crippen LogP contribution in [0.2, 0.25) is 0 Å². The summed E-state index contributed by atoms with van der Waals surface area (Å²) >= 11 is 0. The number of cyclic esters (lactones) is 1. The lowest BCUT2D eigenvalue weighted by Gasteiger charge is -2.48. The average molecular weight is 996 g/mol. The molecule has 1 spiro atoms. The van der Waals surface area contributed by atoms with Crippen molar-refractivity contribution >= 4 is 46.3 Å². The third-order valence-corrected chi connectivity index (χ3v) is 16.1. The van der Waals surface area contributed by atoms with Crippen LogP contribution in [0.1, 0.15) is 105 Å². The number of anilines is 1. The summed E-state index contributed by atoms with van der Waals surface area (Å²) in [6.07, 6.45) is 5.13. The van der Waals surface area contributed by atoms with Crippen LogP contribution < -0.4 is 15.6 Å². The fraction of sp³-hybridized carbons (Fsp3) is 0.630. The number of nitrogens with zero attached hydrogens (tertiary/aromatic N) is 7. The first-order chi connectivity index (χ1) is 34.2. The van der Waals surface area contributed by atoms with Gasteiger partial charge in [0.1, 0.15) is 24.9 Å². The molecule has 0 aliphatic carbocycles. The predicted molar refractivity (Wildman–Crippen MR) is 273 cm³/mol. The van der Waals surface area contributed by atoms with Crippen LogP contribution in [0.3, 0.4) is 0 Å². The van der Waals surface area contributed by atoms with Crippen molar-refractivity contribution in [1.29, 1.82) is 0 Å². The number of hydrogen-bond donors (Lipinski definition) is 2. The quantitative estimate of drug-likeness (QED) is 0.194. The molecule has 4 fully saturated rings. The molecule has 18 heteroatoms. The van der Waals surface area contributed by atoms with Gasteiger partial charge in [0.25, 0.3) is 5.91 Å². The monoisotopic (exact) mass is 996 g/mol. The van der Waals surface area contributed by atoms with Crippen LogP contribution in [0.25, 0.3) is 22.2 Å². The number of hydrazine groups is 1. The zero-order chi connectivity index (χ0) is 51.9. The second-order valence-corrected chi connectivity index (χ2v) is 22.0. The second-order valence-electron chi connectivity index (χ2n) is 22.0. The normalized spacial score (nSPS) is 24.2. The van der Waals surface area contributed by atoms with Crippen molar-refractivity contribution in [3.8, 4) is 11.3 Å². The van der Waals surface area contributed by atoms with E-state index in [0.717, 1.165) is 39.1 Å². The minimum atomic E-state index is -1.07. The Balaban J connectivity index is 1.09. The van der Waals surface area contributed by atoms with Crippen molar-refractivity contribution in [2.75, 3.05) is 71.7 Å². The number of nitrogens with one attached hydrogen (secondary N) is 2. The van der Waals surface area contributed by atoms with E-state index in [-0.39, 0.29) is 43.7 Å². The number of rotatable bonds is 9. The summed E-state index contributed by atoms with van der Waals surface area (Å²) in [5, 5.41) is 5.63. The Bertz CT molecular complexity index is 2530. The molecule has 5 amide bonds. The van der Waals surface area contributed by atoms with Gasteiger partial charge in [0, 0.05) is 93.6 Å². The van der Waals surface area contributed by atoms with Gasteiger partial charge in [-0.1, -0.05) is 34.3 Å². The van der Waals surface area contributed by atoms with E-state index in [0.29, 0.717) is 78.0 Å². The predicted octanol–water partition coefficient (Wildman–Crippen LogP) is 5.82. The van der Waals surface area contributed by atoms with Crippen LogP contribution in [0.15, 0.2) is 49.2 Å². The lowest BCUT2D eigenvalue weighted by atomic mass is 9.75. The number of esters is 1. The Morgan fingerprint density at radius 1 is 1.07 bits per heavy atom. The number of pyridine rings is 1. The highest BCUT2D eigenvalue weighted by Gasteiger charge is 2.57. The van der Waals surface area contributed by atoms with Crippen molar-refractivity contribution in [2.45, 2.75) is 142 Å². The molecule has 392 valence electrons. The minimum absolute atomic E-state index is 0.135. The maximum atomic E-state index is 14.8. The summed E-state index contributed by atoms with van der Waals surface area (Å²) in [6.45, 7) is 23.3. The molecule has 5 aliphatic heterocycles. The van der Waals surface area contributed by atoms with E-state index < -0.39 is 58.6 Å². The first kappa shape index (κ1) is 52.8. The van der Waals surface area contributed by atoms with Crippen molar-refractivity contribution in [3.05, 3.63) is 60.4 Å². The highest BCUT2D eigenvalue weighted by atomic mass is 16.5. The first-order valence-electron chi connectivity index (χ1n) is 25.9. The van der Waals surface area contributed by atoms with E-state index in [9.17, 15) is 24.0 Å². The van der Waals surface area contributed by atoms with Gasteiger partial charge in [-0.3, -0.25) is 29.2 Å². The van der Waals surface area contributed by atoms with Gasteiger partial charge in [0.15, 0.2) is 0 Å². The molecule has 2 aromatic heterocycles. The number of ether oxygens (including phenoxy) is 4. The molecular weight excluding hydrogens is 919 g/mol. The Labute approximate surface area is 424 Å². The zero-order valence-electron chi connectivity index (χ0n) is 44.1. The molecule has 4 saturated heterocycles. The summed E-state index contributed by atoms with van der Waals surface area (Å²) in [7, 11) is 3.32. The number of carbonyl (C=O) groups excluding carboxylic acids is 5. The molecule has 1 aromatic carbocycles. The van der Waals surface area contributed by atoms with Gasteiger partial charge in [-0.05, 0) is 108 Å². The molecule has 72 heavy (non-hydrogen) atoms. The smallest absolute Gasteiger partial charge is 0.324 e. The summed E-state index contributed by atoms with van der Waals surface area (Å²) in [6, 6.07) is 7.53. The summed E-state index contributed by atoms with van der Waals surface area (Å²) in [5.74, 6) is -1.85. The van der Waals surface area contributed by atoms with Gasteiger partial charge in [0.2, 0.25) is 11.8 Å². The molecular formula is C54H77N9O9. The lowest BCUT2D eigenvalue weighted by Crippen LogP contribution is -2.63. The van der Waals surface area contributed by atoms with E-state index in [1.54, 1.807) is 30.2 Å². The van der Waals surface area contributed by atoms with Crippen LogP contribution in [0, 0.1) is 11.3 Å². The number of methoxy groups -OCH3 is 1. The number of amides is 5. The number of hydrogen-bond acceptors (Lipinski definition) is 12. The van der Waals surface area contributed by atoms with E-state index in [1.807, 2.05) is 40.7 Å². The third kappa shape index (κ3) is 10.1. The molecule has 0 unspecified atom stereocenters. The highest BCUT2D eigenvalue weighted by Crippen LogP contribution is 2.46. The van der Waals surface area contributed by atoms with Gasteiger partial charge in [-0.25, -0.2) is 10.2 Å². The number of likely N-dealkylation sites (tertiary alicyclic amines) is 1. The Hall–Kier alpha value is -5.56. The maximum Gasteiger partial charge on any atom is 0.324 e. The SMILES string of the molecule is C=CC(=O)N1COC2(CCN(C(=O)N(C)[C@H](C(=O)N[C@H]3C[C@H]4CN(CCO4)c4ccc5c(c4)c(c(-c4cccnc4[C@H](C)OC)n5CC)CC(C)(C)COC(=O)[C@@H]4CCCN(N4)C3=O)C(C)C)CC2)C1(C)C. The van der Waals surface area contributed by atoms with Gasteiger partial charge < -0.3 is 48.4 Å². The number of morpholine rings is 1. The molecule has 18 nitrogen and oxygen atoms in total. The molecule has 0 radical (unpaired) electrons. The van der Waals surface area contributed by atoms with Crippen LogP contribution in [-0.4, -0.2) is 161 Å². The Morgan fingerprint density at radius 2 is 1.82 bits per heavy atom.